The smallest absolute Gasteiger partial charge is 0.274 e. The lowest BCUT2D eigenvalue weighted by Gasteiger charge is -2.33. The molecular formula is C23H23N6+. The minimum atomic E-state index is 0.651. The van der Waals surface area contributed by atoms with Crippen molar-refractivity contribution in [2.45, 2.75) is 13.8 Å². The Labute approximate surface area is 169 Å². The molecule has 0 radical (unpaired) electrons. The lowest BCUT2D eigenvalue weighted by Crippen LogP contribution is -2.48. The van der Waals surface area contributed by atoms with Crippen molar-refractivity contribution >= 4 is 28.3 Å². The number of pyridine rings is 2. The van der Waals surface area contributed by atoms with Gasteiger partial charge < -0.3 is 4.90 Å². The van der Waals surface area contributed by atoms with E-state index in [2.05, 4.69) is 56.4 Å². The zero-order valence-corrected chi connectivity index (χ0v) is 16.7. The van der Waals surface area contributed by atoms with Gasteiger partial charge in [-0.2, -0.15) is 5.26 Å². The van der Waals surface area contributed by atoms with Gasteiger partial charge in [-0.3, -0.25) is 9.30 Å². The summed E-state index contributed by atoms with van der Waals surface area (Å²) in [5.74, 6) is 2.27. The summed E-state index contributed by atoms with van der Waals surface area (Å²) >= 11 is 0. The summed E-state index contributed by atoms with van der Waals surface area (Å²) in [6, 6.07) is 16.9. The minimum absolute atomic E-state index is 0.651. The van der Waals surface area contributed by atoms with E-state index in [1.54, 1.807) is 0 Å². The fourth-order valence-electron chi connectivity index (χ4n) is 4.23. The van der Waals surface area contributed by atoms with Crippen LogP contribution in [0, 0.1) is 25.2 Å². The van der Waals surface area contributed by atoms with E-state index in [-0.39, 0.29) is 0 Å². The number of para-hydroxylation sites is 2. The van der Waals surface area contributed by atoms with E-state index in [0.29, 0.717) is 5.56 Å². The third kappa shape index (κ3) is 2.87. The van der Waals surface area contributed by atoms with Crippen LogP contribution < -0.4 is 14.8 Å². The van der Waals surface area contributed by atoms with Crippen LogP contribution in [0.1, 0.15) is 16.7 Å². The molecule has 4 heterocycles. The van der Waals surface area contributed by atoms with Crippen LogP contribution >= 0.6 is 0 Å². The average Bonchev–Trinajstić information content (AvgIpc) is 3.12. The summed E-state index contributed by atoms with van der Waals surface area (Å²) < 4.78 is 2.15. The Balaban J connectivity index is 1.55. The summed E-state index contributed by atoms with van der Waals surface area (Å²) in [5, 5.41) is 9.70. The van der Waals surface area contributed by atoms with Gasteiger partial charge in [0, 0.05) is 6.07 Å². The Bertz CT molecular complexity index is 1260. The maximum Gasteiger partial charge on any atom is 0.274 e. The molecule has 1 fully saturated rings. The average molecular weight is 383 g/mol. The van der Waals surface area contributed by atoms with Gasteiger partial charge in [0.05, 0.1) is 35.9 Å². The molecule has 1 aromatic carbocycles. The second-order valence-electron chi connectivity index (χ2n) is 7.66. The maximum absolute atomic E-state index is 9.70. The molecular weight excluding hydrogens is 360 g/mol. The number of aromatic amines is 1. The van der Waals surface area contributed by atoms with Gasteiger partial charge in [0.1, 0.15) is 25.0 Å². The summed E-state index contributed by atoms with van der Waals surface area (Å²) in [4.78, 5) is 12.9. The predicted molar refractivity (Wildman–Crippen MR) is 114 cm³/mol. The van der Waals surface area contributed by atoms with E-state index in [1.807, 2.05) is 31.3 Å². The third-order valence-electron chi connectivity index (χ3n) is 5.75. The first kappa shape index (κ1) is 17.5. The van der Waals surface area contributed by atoms with Gasteiger partial charge in [0.25, 0.3) is 5.82 Å². The highest BCUT2D eigenvalue weighted by Crippen LogP contribution is 2.29. The highest BCUT2D eigenvalue weighted by molar-refractivity contribution is 5.85. The number of anilines is 2. The Morgan fingerprint density at radius 3 is 2.52 bits per heavy atom. The predicted octanol–water partition coefficient (Wildman–Crippen LogP) is 3.12. The molecule has 0 aliphatic carbocycles. The monoisotopic (exact) mass is 383 g/mol. The normalized spacial score (nSPS) is 14.5. The minimum Gasteiger partial charge on any atom is -0.350 e. The standard InChI is InChI=1S/C23H22N6/c1-16-7-8-25-21(13-16)27-9-11-28(12-10-27)22-14-17(2)18(15-24)23-26-19-5-3-4-6-20(19)29(22)23/h3-8,13-14H,9-12H2,1-2H3/p+1. The molecule has 0 spiro atoms. The van der Waals surface area contributed by atoms with Crippen LogP contribution in [0.25, 0.3) is 16.7 Å². The van der Waals surface area contributed by atoms with Gasteiger partial charge in [-0.15, -0.1) is 0 Å². The van der Waals surface area contributed by atoms with Gasteiger partial charge >= 0.3 is 0 Å². The van der Waals surface area contributed by atoms with E-state index in [9.17, 15) is 5.26 Å². The number of benzene rings is 1. The number of aryl methyl sites for hydroxylation is 2. The zero-order chi connectivity index (χ0) is 20.0. The molecule has 0 saturated carbocycles. The number of nitrogens with one attached hydrogen (secondary N) is 1. The lowest BCUT2D eigenvalue weighted by atomic mass is 10.1. The SMILES string of the molecule is Cc1cc[nH+]c(N2CCN(c3cc(C)c(C#N)c4nc5ccccc5n34)CC2)c1. The number of aromatic nitrogens is 3. The van der Waals surface area contributed by atoms with Gasteiger partial charge in [-0.05, 0) is 49.2 Å². The summed E-state index contributed by atoms with van der Waals surface area (Å²) in [6.07, 6.45) is 2.00. The second kappa shape index (κ2) is 6.78. The molecule has 29 heavy (non-hydrogen) atoms. The first-order valence-electron chi connectivity index (χ1n) is 9.95. The molecule has 3 aromatic heterocycles. The number of nitriles is 1. The van der Waals surface area contributed by atoms with Crippen molar-refractivity contribution in [2.75, 3.05) is 36.0 Å². The third-order valence-corrected chi connectivity index (χ3v) is 5.75. The summed E-state index contributed by atoms with van der Waals surface area (Å²) in [7, 11) is 0. The largest absolute Gasteiger partial charge is 0.350 e. The number of hydrogen-bond acceptors (Lipinski definition) is 4. The Hall–Kier alpha value is -3.59. The van der Waals surface area contributed by atoms with E-state index < -0.39 is 0 Å². The van der Waals surface area contributed by atoms with Crippen molar-refractivity contribution in [1.82, 2.24) is 9.38 Å². The fourth-order valence-corrected chi connectivity index (χ4v) is 4.23. The number of imidazole rings is 1. The molecule has 4 aromatic rings. The Morgan fingerprint density at radius 2 is 1.76 bits per heavy atom. The Morgan fingerprint density at radius 1 is 1.00 bits per heavy atom. The quantitative estimate of drug-likeness (QED) is 0.534. The van der Waals surface area contributed by atoms with Gasteiger partial charge in [0.2, 0.25) is 0 Å². The highest BCUT2D eigenvalue weighted by atomic mass is 15.3. The summed E-state index contributed by atoms with van der Waals surface area (Å²) in [5.41, 5.74) is 5.60. The lowest BCUT2D eigenvalue weighted by molar-refractivity contribution is -0.364. The topological polar surface area (TPSA) is 61.7 Å². The van der Waals surface area contributed by atoms with Crippen LogP contribution in [0.15, 0.2) is 48.7 Å². The van der Waals surface area contributed by atoms with Crippen LogP contribution in [0.5, 0.6) is 0 Å². The molecule has 5 rings (SSSR count). The van der Waals surface area contributed by atoms with Crippen molar-refractivity contribution in [3.05, 3.63) is 65.4 Å². The number of fused-ring (bicyclic) bond motifs is 3. The van der Waals surface area contributed by atoms with Crippen LogP contribution in [0.3, 0.4) is 0 Å². The van der Waals surface area contributed by atoms with Crippen molar-refractivity contribution in [3.63, 3.8) is 0 Å². The van der Waals surface area contributed by atoms with E-state index in [4.69, 9.17) is 4.98 Å². The molecule has 0 bridgehead atoms. The van der Waals surface area contributed by atoms with Crippen molar-refractivity contribution in [2.24, 2.45) is 0 Å². The summed E-state index contributed by atoms with van der Waals surface area (Å²) in [6.45, 7) is 7.82. The van der Waals surface area contributed by atoms with Crippen LogP contribution in [0.2, 0.25) is 0 Å². The number of H-pyrrole nitrogens is 1. The van der Waals surface area contributed by atoms with Crippen molar-refractivity contribution in [1.29, 1.82) is 5.26 Å². The van der Waals surface area contributed by atoms with E-state index in [1.165, 1.54) is 11.4 Å². The van der Waals surface area contributed by atoms with Crippen molar-refractivity contribution in [3.8, 4) is 6.07 Å². The number of hydrogen-bond donors (Lipinski definition) is 0. The molecule has 1 aliphatic rings. The van der Waals surface area contributed by atoms with Gasteiger partial charge in [-0.25, -0.2) is 9.97 Å². The van der Waals surface area contributed by atoms with Gasteiger partial charge in [-0.1, -0.05) is 12.1 Å². The van der Waals surface area contributed by atoms with Crippen molar-refractivity contribution < 1.29 is 4.98 Å². The highest BCUT2D eigenvalue weighted by Gasteiger charge is 2.26. The number of nitrogens with zero attached hydrogens (tertiary/aromatic N) is 5. The molecule has 0 unspecified atom stereocenters. The van der Waals surface area contributed by atoms with E-state index >= 15 is 0 Å². The molecule has 0 atom stereocenters. The second-order valence-corrected chi connectivity index (χ2v) is 7.66. The van der Waals surface area contributed by atoms with Gasteiger partial charge in [0.15, 0.2) is 5.65 Å². The molecule has 0 amide bonds. The first-order valence-corrected chi connectivity index (χ1v) is 9.95. The van der Waals surface area contributed by atoms with Crippen LogP contribution in [-0.2, 0) is 0 Å². The molecule has 1 aliphatic heterocycles. The number of rotatable bonds is 2. The molecule has 1 saturated heterocycles. The van der Waals surface area contributed by atoms with Crippen LogP contribution in [-0.4, -0.2) is 35.6 Å². The van der Waals surface area contributed by atoms with E-state index in [0.717, 1.165) is 54.2 Å². The maximum atomic E-state index is 9.70. The van der Waals surface area contributed by atoms with Crippen LogP contribution in [0.4, 0.5) is 11.6 Å². The first-order chi connectivity index (χ1) is 14.2. The fraction of sp³-hybridized carbons (Fsp3) is 0.261. The molecule has 1 N–H and O–H groups in total. The molecule has 144 valence electrons. The zero-order valence-electron chi connectivity index (χ0n) is 16.7. The molecule has 6 heteroatoms. The molecule has 6 nitrogen and oxygen atoms in total. The Kier molecular flexibility index (Phi) is 4.09. The number of piperazine rings is 1.